The fourth-order valence-corrected chi connectivity index (χ4v) is 1.34. The molecule has 0 N–H and O–H groups in total. The molecule has 3 nitrogen and oxygen atoms in total. The van der Waals surface area contributed by atoms with Crippen molar-refractivity contribution in [1.29, 1.82) is 0 Å². The smallest absolute Gasteiger partial charge is 0.331 e. The van der Waals surface area contributed by atoms with E-state index in [1.54, 1.807) is 0 Å². The second kappa shape index (κ2) is 5.27. The lowest BCUT2D eigenvalue weighted by Crippen LogP contribution is -2.26. The van der Waals surface area contributed by atoms with Gasteiger partial charge in [-0.25, -0.2) is 9.18 Å². The standard InChI is InChI=1S/C10H7Cl2FO3/c1-16-10(15)8(12)9(14)5-2-3-6(11)7(13)4-5/h2-4,8H,1H3. The average Bonchev–Trinajstić information content (AvgIpc) is 2.29. The quantitative estimate of drug-likeness (QED) is 0.365. The van der Waals surface area contributed by atoms with Gasteiger partial charge in [0.25, 0.3) is 0 Å². The van der Waals surface area contributed by atoms with E-state index in [-0.39, 0.29) is 10.6 Å². The maximum Gasteiger partial charge on any atom is 0.331 e. The third kappa shape index (κ3) is 2.71. The maximum atomic E-state index is 13.0. The molecule has 0 saturated carbocycles. The number of hydrogen-bond donors (Lipinski definition) is 0. The minimum atomic E-state index is -1.48. The van der Waals surface area contributed by atoms with Crippen LogP contribution in [0.5, 0.6) is 0 Å². The molecule has 0 spiro atoms. The van der Waals surface area contributed by atoms with Gasteiger partial charge in [0, 0.05) is 5.56 Å². The van der Waals surface area contributed by atoms with Crippen molar-refractivity contribution in [1.82, 2.24) is 0 Å². The molecule has 0 aliphatic rings. The molecule has 0 saturated heterocycles. The van der Waals surface area contributed by atoms with Gasteiger partial charge in [0.15, 0.2) is 11.2 Å². The largest absolute Gasteiger partial charge is 0.468 e. The molecule has 1 rings (SSSR count). The Morgan fingerprint density at radius 3 is 2.56 bits per heavy atom. The monoisotopic (exact) mass is 264 g/mol. The van der Waals surface area contributed by atoms with Crippen LogP contribution in [0.25, 0.3) is 0 Å². The van der Waals surface area contributed by atoms with Gasteiger partial charge in [0.1, 0.15) is 5.82 Å². The lowest BCUT2D eigenvalue weighted by atomic mass is 10.1. The first kappa shape index (κ1) is 12.9. The Morgan fingerprint density at radius 1 is 1.44 bits per heavy atom. The summed E-state index contributed by atoms with van der Waals surface area (Å²) in [5.41, 5.74) is -0.0349. The Bertz CT molecular complexity index is 434. The van der Waals surface area contributed by atoms with Crippen molar-refractivity contribution in [3.05, 3.63) is 34.6 Å². The zero-order valence-corrected chi connectivity index (χ0v) is 9.68. The number of Topliss-reactive ketones (excluding diaryl/α,β-unsaturated/α-hetero) is 1. The molecule has 1 aromatic rings. The zero-order valence-electron chi connectivity index (χ0n) is 8.17. The molecule has 0 aromatic heterocycles. The van der Waals surface area contributed by atoms with Crippen molar-refractivity contribution in [3.63, 3.8) is 0 Å². The van der Waals surface area contributed by atoms with Crippen LogP contribution in [0.4, 0.5) is 4.39 Å². The molecule has 1 atom stereocenters. The van der Waals surface area contributed by atoms with E-state index in [0.717, 1.165) is 13.2 Å². The fourth-order valence-electron chi connectivity index (χ4n) is 1.01. The van der Waals surface area contributed by atoms with Crippen LogP contribution in [0.2, 0.25) is 5.02 Å². The van der Waals surface area contributed by atoms with Gasteiger partial charge < -0.3 is 4.74 Å². The second-order valence-corrected chi connectivity index (χ2v) is 3.72. The average molecular weight is 265 g/mol. The topological polar surface area (TPSA) is 43.4 Å². The van der Waals surface area contributed by atoms with Gasteiger partial charge in [-0.05, 0) is 18.2 Å². The summed E-state index contributed by atoms with van der Waals surface area (Å²) in [7, 11) is 1.10. The van der Waals surface area contributed by atoms with Crippen LogP contribution in [0.15, 0.2) is 18.2 Å². The molecule has 6 heteroatoms. The lowest BCUT2D eigenvalue weighted by Gasteiger charge is -2.06. The van der Waals surface area contributed by atoms with Crippen molar-refractivity contribution in [2.45, 2.75) is 5.38 Å². The van der Waals surface area contributed by atoms with Gasteiger partial charge in [-0.3, -0.25) is 4.79 Å². The summed E-state index contributed by atoms with van der Waals surface area (Å²) in [6.45, 7) is 0. The Hall–Kier alpha value is -1.13. The molecule has 0 heterocycles. The molecule has 86 valence electrons. The van der Waals surface area contributed by atoms with E-state index in [2.05, 4.69) is 4.74 Å². The van der Waals surface area contributed by atoms with E-state index < -0.39 is 22.9 Å². The van der Waals surface area contributed by atoms with Gasteiger partial charge >= 0.3 is 5.97 Å². The van der Waals surface area contributed by atoms with Gasteiger partial charge in [0.05, 0.1) is 12.1 Å². The number of carbonyl (C=O) groups excluding carboxylic acids is 2. The number of ether oxygens (including phenoxy) is 1. The normalized spacial score (nSPS) is 12.0. The SMILES string of the molecule is COC(=O)C(Cl)C(=O)c1ccc(Cl)c(F)c1. The number of carbonyl (C=O) groups is 2. The third-order valence-electron chi connectivity index (χ3n) is 1.84. The van der Waals surface area contributed by atoms with Crippen molar-refractivity contribution in [3.8, 4) is 0 Å². The van der Waals surface area contributed by atoms with Gasteiger partial charge in [0.2, 0.25) is 0 Å². The number of benzene rings is 1. The van der Waals surface area contributed by atoms with Crippen molar-refractivity contribution < 1.29 is 18.7 Å². The van der Waals surface area contributed by atoms with Gasteiger partial charge in [-0.15, -0.1) is 11.6 Å². The van der Waals surface area contributed by atoms with Crippen molar-refractivity contribution in [2.75, 3.05) is 7.11 Å². The minimum Gasteiger partial charge on any atom is -0.468 e. The number of hydrogen-bond acceptors (Lipinski definition) is 3. The number of ketones is 1. The van der Waals surface area contributed by atoms with E-state index in [0.29, 0.717) is 0 Å². The van der Waals surface area contributed by atoms with Crippen LogP contribution in [0, 0.1) is 5.82 Å². The lowest BCUT2D eigenvalue weighted by molar-refractivity contribution is -0.139. The molecule has 1 aromatic carbocycles. The highest BCUT2D eigenvalue weighted by Gasteiger charge is 2.26. The van der Waals surface area contributed by atoms with Gasteiger partial charge in [-0.1, -0.05) is 11.6 Å². The molecule has 0 fully saturated rings. The van der Waals surface area contributed by atoms with Crippen LogP contribution in [-0.2, 0) is 9.53 Å². The van der Waals surface area contributed by atoms with Crippen molar-refractivity contribution >= 4 is 35.0 Å². The van der Waals surface area contributed by atoms with Crippen LogP contribution in [0.3, 0.4) is 0 Å². The van der Waals surface area contributed by atoms with E-state index in [1.807, 2.05) is 0 Å². The molecular formula is C10H7Cl2FO3. The van der Waals surface area contributed by atoms with Crippen LogP contribution in [0.1, 0.15) is 10.4 Å². The molecule has 16 heavy (non-hydrogen) atoms. The molecule has 0 amide bonds. The molecular weight excluding hydrogens is 258 g/mol. The predicted molar refractivity (Wildman–Crippen MR) is 57.4 cm³/mol. The number of rotatable bonds is 3. The molecule has 0 radical (unpaired) electrons. The first-order valence-corrected chi connectivity index (χ1v) is 5.00. The fraction of sp³-hybridized carbons (Fsp3) is 0.200. The summed E-state index contributed by atoms with van der Waals surface area (Å²) >= 11 is 11.0. The van der Waals surface area contributed by atoms with E-state index in [4.69, 9.17) is 23.2 Å². The molecule has 0 bridgehead atoms. The summed E-state index contributed by atoms with van der Waals surface area (Å²) in [5.74, 6) is -2.37. The number of alkyl halides is 1. The minimum absolute atomic E-state index is 0.0349. The second-order valence-electron chi connectivity index (χ2n) is 2.88. The van der Waals surface area contributed by atoms with E-state index >= 15 is 0 Å². The summed E-state index contributed by atoms with van der Waals surface area (Å²) in [6, 6.07) is 3.42. The first-order chi connectivity index (χ1) is 7.47. The Morgan fingerprint density at radius 2 is 2.06 bits per heavy atom. The summed E-state index contributed by atoms with van der Waals surface area (Å²) in [4.78, 5) is 22.5. The highest BCUT2D eigenvalue weighted by molar-refractivity contribution is 6.43. The highest BCUT2D eigenvalue weighted by Crippen LogP contribution is 2.18. The molecule has 0 aliphatic heterocycles. The van der Waals surface area contributed by atoms with Gasteiger partial charge in [-0.2, -0.15) is 0 Å². The maximum absolute atomic E-state index is 13.0. The van der Waals surface area contributed by atoms with Crippen molar-refractivity contribution in [2.24, 2.45) is 0 Å². The van der Waals surface area contributed by atoms with Crippen LogP contribution >= 0.6 is 23.2 Å². The van der Waals surface area contributed by atoms with E-state index in [1.165, 1.54) is 12.1 Å². The Kier molecular flexibility index (Phi) is 4.26. The molecule has 1 unspecified atom stereocenters. The summed E-state index contributed by atoms with van der Waals surface area (Å²) in [6.07, 6.45) is 0. The highest BCUT2D eigenvalue weighted by atomic mass is 35.5. The van der Waals surface area contributed by atoms with E-state index in [9.17, 15) is 14.0 Å². The zero-order chi connectivity index (χ0) is 12.3. The van der Waals surface area contributed by atoms with Crippen LogP contribution in [-0.4, -0.2) is 24.2 Å². The number of esters is 1. The summed E-state index contributed by atoms with van der Waals surface area (Å²) < 4.78 is 17.3. The Balaban J connectivity index is 2.97. The predicted octanol–water partition coefficient (Wildman–Crippen LogP) is 2.44. The first-order valence-electron chi connectivity index (χ1n) is 4.18. The third-order valence-corrected chi connectivity index (χ3v) is 2.53. The van der Waals surface area contributed by atoms with Crippen LogP contribution < -0.4 is 0 Å². The summed E-state index contributed by atoms with van der Waals surface area (Å²) in [5, 5.41) is -1.59. The number of halogens is 3. The molecule has 0 aliphatic carbocycles. The number of methoxy groups -OCH3 is 1. The Labute approximate surface area is 101 Å².